The van der Waals surface area contributed by atoms with Crippen molar-refractivity contribution in [2.75, 3.05) is 39.3 Å². The number of piperazine rings is 1. The maximum Gasteiger partial charge on any atom is 0.0586 e. The van der Waals surface area contributed by atoms with E-state index in [1.54, 1.807) is 0 Å². The highest BCUT2D eigenvalue weighted by Crippen LogP contribution is 2.16. The van der Waals surface area contributed by atoms with Gasteiger partial charge in [0.1, 0.15) is 0 Å². The Morgan fingerprint density at radius 2 is 2.29 bits per heavy atom. The lowest BCUT2D eigenvalue weighted by molar-refractivity contribution is 0.144. The molecule has 1 unspecified atom stereocenters. The van der Waals surface area contributed by atoms with E-state index in [1.165, 1.54) is 6.42 Å². The number of likely N-dealkylation sites (tertiary alicyclic amines) is 1. The molecule has 0 aliphatic carbocycles. The highest BCUT2D eigenvalue weighted by Gasteiger charge is 2.26. The van der Waals surface area contributed by atoms with Gasteiger partial charge in [-0.2, -0.15) is 0 Å². The van der Waals surface area contributed by atoms with Crippen LogP contribution in [0.4, 0.5) is 0 Å². The molecule has 2 atom stereocenters. The van der Waals surface area contributed by atoms with Gasteiger partial charge >= 0.3 is 0 Å². The number of rotatable bonds is 3. The predicted molar refractivity (Wildman–Crippen MR) is 56.3 cm³/mol. The van der Waals surface area contributed by atoms with Gasteiger partial charge in [-0.1, -0.05) is 0 Å². The fourth-order valence-corrected chi connectivity index (χ4v) is 2.47. The van der Waals surface area contributed by atoms with Gasteiger partial charge in [-0.15, -0.1) is 0 Å². The van der Waals surface area contributed by atoms with Gasteiger partial charge < -0.3 is 15.7 Å². The Morgan fingerprint density at radius 3 is 3.00 bits per heavy atom. The third-order valence-corrected chi connectivity index (χ3v) is 3.29. The first-order valence-corrected chi connectivity index (χ1v) is 5.69. The van der Waals surface area contributed by atoms with Crippen molar-refractivity contribution in [2.24, 2.45) is 0 Å². The first-order chi connectivity index (χ1) is 6.90. The number of nitrogens with zero attached hydrogens (tertiary/aromatic N) is 1. The van der Waals surface area contributed by atoms with Crippen LogP contribution in [0.25, 0.3) is 0 Å². The molecule has 2 aliphatic heterocycles. The molecule has 0 aromatic heterocycles. The van der Waals surface area contributed by atoms with E-state index < -0.39 is 0 Å². The molecule has 4 heteroatoms. The first kappa shape index (κ1) is 10.4. The molecule has 2 fully saturated rings. The monoisotopic (exact) mass is 199 g/mol. The summed E-state index contributed by atoms with van der Waals surface area (Å²) in [7, 11) is 0. The van der Waals surface area contributed by atoms with Crippen molar-refractivity contribution in [1.82, 2.24) is 15.5 Å². The molecule has 14 heavy (non-hydrogen) atoms. The molecule has 3 N–H and O–H groups in total. The second-order valence-corrected chi connectivity index (χ2v) is 4.33. The topological polar surface area (TPSA) is 47.5 Å². The quantitative estimate of drug-likeness (QED) is 0.546. The van der Waals surface area contributed by atoms with Crippen LogP contribution in [-0.4, -0.2) is 61.4 Å². The van der Waals surface area contributed by atoms with E-state index >= 15 is 0 Å². The highest BCUT2D eigenvalue weighted by molar-refractivity contribution is 4.85. The molecule has 0 bridgehead atoms. The Morgan fingerprint density at radius 1 is 1.36 bits per heavy atom. The lowest BCUT2D eigenvalue weighted by atomic mass is 10.2. The molecule has 0 radical (unpaired) electrons. The first-order valence-electron chi connectivity index (χ1n) is 5.69. The summed E-state index contributed by atoms with van der Waals surface area (Å²) in [4.78, 5) is 2.42. The molecule has 0 aromatic rings. The van der Waals surface area contributed by atoms with E-state index in [0.29, 0.717) is 18.7 Å². The predicted octanol–water partition coefficient (Wildman–Crippen LogP) is -0.995. The molecule has 2 rings (SSSR count). The van der Waals surface area contributed by atoms with Crippen LogP contribution in [0.2, 0.25) is 0 Å². The van der Waals surface area contributed by atoms with Crippen LogP contribution in [0.15, 0.2) is 0 Å². The SMILES string of the molecule is OC[C@@H]1CCCN1CC1CNCCN1. The second-order valence-electron chi connectivity index (χ2n) is 4.33. The smallest absolute Gasteiger partial charge is 0.0586 e. The number of aliphatic hydroxyl groups excluding tert-OH is 1. The highest BCUT2D eigenvalue weighted by atomic mass is 16.3. The third kappa shape index (κ3) is 2.45. The molecule has 2 aliphatic rings. The number of aliphatic hydroxyl groups is 1. The average Bonchev–Trinajstić information content (AvgIpc) is 2.67. The summed E-state index contributed by atoms with van der Waals surface area (Å²) in [6, 6.07) is 0.981. The van der Waals surface area contributed by atoms with Crippen molar-refractivity contribution >= 4 is 0 Å². The van der Waals surface area contributed by atoms with Crippen LogP contribution in [-0.2, 0) is 0 Å². The molecule has 0 aromatic carbocycles. The van der Waals surface area contributed by atoms with E-state index in [4.69, 9.17) is 0 Å². The standard InChI is InChI=1S/C10H21N3O/c14-8-10-2-1-5-13(10)7-9-6-11-3-4-12-9/h9-12,14H,1-8H2/t9?,10-/m0/s1. The van der Waals surface area contributed by atoms with E-state index in [2.05, 4.69) is 15.5 Å². The molecular weight excluding hydrogens is 178 g/mol. The van der Waals surface area contributed by atoms with E-state index in [9.17, 15) is 5.11 Å². The Labute approximate surface area is 85.7 Å². The zero-order chi connectivity index (χ0) is 9.80. The van der Waals surface area contributed by atoms with Crippen molar-refractivity contribution in [2.45, 2.75) is 24.9 Å². The van der Waals surface area contributed by atoms with E-state index in [0.717, 1.165) is 39.1 Å². The van der Waals surface area contributed by atoms with Crippen molar-refractivity contribution in [3.8, 4) is 0 Å². The van der Waals surface area contributed by atoms with Gasteiger partial charge in [0.2, 0.25) is 0 Å². The van der Waals surface area contributed by atoms with E-state index in [1.807, 2.05) is 0 Å². The fraction of sp³-hybridized carbons (Fsp3) is 1.00. The maximum atomic E-state index is 9.19. The van der Waals surface area contributed by atoms with Gasteiger partial charge in [0, 0.05) is 38.3 Å². The molecule has 2 heterocycles. The van der Waals surface area contributed by atoms with Gasteiger partial charge in [0.25, 0.3) is 0 Å². The fourth-order valence-electron chi connectivity index (χ4n) is 2.47. The summed E-state index contributed by atoms with van der Waals surface area (Å²) >= 11 is 0. The second kappa shape index (κ2) is 5.07. The summed E-state index contributed by atoms with van der Waals surface area (Å²) in [5, 5.41) is 16.1. The molecule has 2 saturated heterocycles. The molecule has 0 amide bonds. The normalized spacial score (nSPS) is 34.9. The van der Waals surface area contributed by atoms with Crippen molar-refractivity contribution in [3.05, 3.63) is 0 Å². The van der Waals surface area contributed by atoms with Crippen LogP contribution >= 0.6 is 0 Å². The molecule has 82 valence electrons. The summed E-state index contributed by atoms with van der Waals surface area (Å²) in [6.45, 7) is 5.78. The Hall–Kier alpha value is -0.160. The van der Waals surface area contributed by atoms with Crippen molar-refractivity contribution in [3.63, 3.8) is 0 Å². The van der Waals surface area contributed by atoms with Gasteiger partial charge in [-0.3, -0.25) is 4.90 Å². The molecular formula is C10H21N3O. The van der Waals surface area contributed by atoms with Crippen molar-refractivity contribution in [1.29, 1.82) is 0 Å². The van der Waals surface area contributed by atoms with Crippen LogP contribution < -0.4 is 10.6 Å². The summed E-state index contributed by atoms with van der Waals surface area (Å²) in [6.07, 6.45) is 2.40. The van der Waals surface area contributed by atoms with Crippen LogP contribution in [0.5, 0.6) is 0 Å². The Bertz CT molecular complexity index is 171. The largest absolute Gasteiger partial charge is 0.395 e. The zero-order valence-corrected chi connectivity index (χ0v) is 8.71. The summed E-state index contributed by atoms with van der Waals surface area (Å²) in [5.74, 6) is 0. The lowest BCUT2D eigenvalue weighted by Gasteiger charge is -2.31. The number of hydrogen-bond acceptors (Lipinski definition) is 4. The van der Waals surface area contributed by atoms with Crippen LogP contribution in [0.1, 0.15) is 12.8 Å². The van der Waals surface area contributed by atoms with Gasteiger partial charge in [-0.25, -0.2) is 0 Å². The van der Waals surface area contributed by atoms with Crippen LogP contribution in [0, 0.1) is 0 Å². The minimum atomic E-state index is 0.320. The van der Waals surface area contributed by atoms with Crippen LogP contribution in [0.3, 0.4) is 0 Å². The molecule has 4 nitrogen and oxygen atoms in total. The van der Waals surface area contributed by atoms with Crippen molar-refractivity contribution < 1.29 is 5.11 Å². The van der Waals surface area contributed by atoms with Gasteiger partial charge in [0.15, 0.2) is 0 Å². The summed E-state index contributed by atoms with van der Waals surface area (Å²) < 4.78 is 0. The maximum absolute atomic E-state index is 9.19. The minimum Gasteiger partial charge on any atom is -0.395 e. The average molecular weight is 199 g/mol. The van der Waals surface area contributed by atoms with Gasteiger partial charge in [-0.05, 0) is 19.4 Å². The zero-order valence-electron chi connectivity index (χ0n) is 8.71. The van der Waals surface area contributed by atoms with Gasteiger partial charge in [0.05, 0.1) is 6.61 Å². The number of nitrogens with one attached hydrogen (secondary N) is 2. The molecule has 0 saturated carbocycles. The van der Waals surface area contributed by atoms with E-state index in [-0.39, 0.29) is 0 Å². The Balaban J connectivity index is 1.77. The third-order valence-electron chi connectivity index (χ3n) is 3.29. The Kier molecular flexibility index (Phi) is 3.75. The molecule has 0 spiro atoms. The number of hydrogen-bond donors (Lipinski definition) is 3. The minimum absolute atomic E-state index is 0.320. The lowest BCUT2D eigenvalue weighted by Crippen LogP contribution is -2.54. The summed E-state index contributed by atoms with van der Waals surface area (Å²) in [5.41, 5.74) is 0.